The van der Waals surface area contributed by atoms with Crippen LogP contribution in [0.2, 0.25) is 0 Å². The van der Waals surface area contributed by atoms with E-state index in [4.69, 9.17) is 5.73 Å². The first-order valence-corrected chi connectivity index (χ1v) is 6.49. The summed E-state index contributed by atoms with van der Waals surface area (Å²) in [7, 11) is 0. The van der Waals surface area contributed by atoms with Gasteiger partial charge in [0.1, 0.15) is 0 Å². The molecule has 102 valence electrons. The number of nitrogens with two attached hydrogens (primary N) is 1. The maximum absolute atomic E-state index is 5.74. The van der Waals surface area contributed by atoms with Crippen LogP contribution in [0.5, 0.6) is 0 Å². The van der Waals surface area contributed by atoms with Gasteiger partial charge in [-0.1, -0.05) is 12.1 Å². The van der Waals surface area contributed by atoms with Crippen LogP contribution in [0, 0.1) is 0 Å². The summed E-state index contributed by atoms with van der Waals surface area (Å²) in [6.07, 6.45) is 9.10. The van der Waals surface area contributed by atoms with Gasteiger partial charge >= 0.3 is 0 Å². The van der Waals surface area contributed by atoms with E-state index in [2.05, 4.69) is 20.2 Å². The van der Waals surface area contributed by atoms with Crippen LogP contribution in [0.1, 0.15) is 0 Å². The van der Waals surface area contributed by atoms with Crippen molar-refractivity contribution >= 4 is 11.3 Å². The molecule has 0 saturated carbocycles. The number of hydrogen-bond donors (Lipinski definition) is 2. The summed E-state index contributed by atoms with van der Waals surface area (Å²) < 4.78 is 2.01. The van der Waals surface area contributed by atoms with Crippen LogP contribution in [0.3, 0.4) is 0 Å². The van der Waals surface area contributed by atoms with Gasteiger partial charge in [0, 0.05) is 29.2 Å². The average Bonchev–Trinajstić information content (AvgIpc) is 3.17. The fourth-order valence-electron chi connectivity index (χ4n) is 2.30. The minimum absolute atomic E-state index is 0.744. The Kier molecular flexibility index (Phi) is 2.47. The molecule has 0 aliphatic carbocycles. The lowest BCUT2D eigenvalue weighted by molar-refractivity contribution is 1.09. The highest BCUT2D eigenvalue weighted by atomic mass is 15.1. The molecule has 0 spiro atoms. The van der Waals surface area contributed by atoms with Gasteiger partial charge in [0.15, 0.2) is 5.65 Å². The molecule has 0 aliphatic heterocycles. The molecular formula is C15H12N6. The Labute approximate surface area is 120 Å². The van der Waals surface area contributed by atoms with Crippen LogP contribution in [-0.4, -0.2) is 24.6 Å². The Bertz CT molecular complexity index is 890. The molecule has 0 amide bonds. The molecule has 0 fully saturated rings. The zero-order valence-corrected chi connectivity index (χ0v) is 11.1. The van der Waals surface area contributed by atoms with Crippen LogP contribution >= 0.6 is 0 Å². The molecule has 0 bridgehead atoms. The molecule has 6 nitrogen and oxygen atoms in total. The predicted octanol–water partition coefficient (Wildman–Crippen LogP) is 2.37. The van der Waals surface area contributed by atoms with E-state index < -0.39 is 0 Å². The average molecular weight is 276 g/mol. The molecule has 0 radical (unpaired) electrons. The highest BCUT2D eigenvalue weighted by molar-refractivity contribution is 5.67. The highest BCUT2D eigenvalue weighted by Crippen LogP contribution is 2.23. The number of nitrogen functional groups attached to an aromatic ring is 1. The van der Waals surface area contributed by atoms with Gasteiger partial charge in [0.05, 0.1) is 30.0 Å². The molecule has 21 heavy (non-hydrogen) atoms. The normalized spacial score (nSPS) is 11.0. The summed E-state index contributed by atoms with van der Waals surface area (Å²) in [6, 6.07) is 7.73. The Morgan fingerprint density at radius 2 is 1.81 bits per heavy atom. The molecule has 0 aliphatic rings. The van der Waals surface area contributed by atoms with E-state index in [0.717, 1.165) is 33.8 Å². The Morgan fingerprint density at radius 3 is 2.57 bits per heavy atom. The van der Waals surface area contributed by atoms with Crippen molar-refractivity contribution in [2.24, 2.45) is 0 Å². The zero-order chi connectivity index (χ0) is 14.2. The lowest BCUT2D eigenvalue weighted by Crippen LogP contribution is -1.92. The van der Waals surface area contributed by atoms with E-state index in [9.17, 15) is 0 Å². The van der Waals surface area contributed by atoms with Crippen molar-refractivity contribution in [3.05, 3.63) is 55.2 Å². The van der Waals surface area contributed by atoms with E-state index in [1.165, 1.54) is 0 Å². The van der Waals surface area contributed by atoms with Gasteiger partial charge < -0.3 is 5.73 Å². The van der Waals surface area contributed by atoms with Crippen molar-refractivity contribution in [3.8, 4) is 22.5 Å². The molecule has 4 rings (SSSR count). The highest BCUT2D eigenvalue weighted by Gasteiger charge is 2.08. The standard InChI is InChI=1S/C15H12N6/c16-12-3-1-10(2-4-12)14-7-18-15-8-17-13(9-21(14)15)11-5-19-20-6-11/h1-9H,16H2,(H,19,20). The topological polar surface area (TPSA) is 84.9 Å². The smallest absolute Gasteiger partial charge is 0.155 e. The summed E-state index contributed by atoms with van der Waals surface area (Å²) in [5, 5.41) is 6.75. The van der Waals surface area contributed by atoms with E-state index in [1.807, 2.05) is 47.3 Å². The van der Waals surface area contributed by atoms with Crippen LogP contribution < -0.4 is 5.73 Å². The molecule has 1 aromatic carbocycles. The maximum Gasteiger partial charge on any atom is 0.155 e. The summed E-state index contributed by atoms with van der Waals surface area (Å²) in [5.74, 6) is 0. The quantitative estimate of drug-likeness (QED) is 0.550. The van der Waals surface area contributed by atoms with Crippen molar-refractivity contribution in [1.29, 1.82) is 0 Å². The van der Waals surface area contributed by atoms with Gasteiger partial charge in [-0.15, -0.1) is 0 Å². The second kappa shape index (κ2) is 4.45. The number of anilines is 1. The van der Waals surface area contributed by atoms with E-state index in [0.29, 0.717) is 0 Å². The fraction of sp³-hybridized carbons (Fsp3) is 0. The molecule has 6 heteroatoms. The third kappa shape index (κ3) is 1.93. The summed E-state index contributed by atoms with van der Waals surface area (Å²) in [6.45, 7) is 0. The lowest BCUT2D eigenvalue weighted by atomic mass is 10.1. The number of H-pyrrole nitrogens is 1. The van der Waals surface area contributed by atoms with Crippen LogP contribution in [0.4, 0.5) is 5.69 Å². The minimum atomic E-state index is 0.744. The van der Waals surface area contributed by atoms with Gasteiger partial charge in [-0.2, -0.15) is 5.10 Å². The number of benzene rings is 1. The molecule has 3 heterocycles. The first-order chi connectivity index (χ1) is 10.3. The predicted molar refractivity (Wildman–Crippen MR) is 80.4 cm³/mol. The lowest BCUT2D eigenvalue weighted by Gasteiger charge is -2.04. The van der Waals surface area contributed by atoms with Gasteiger partial charge in [0.25, 0.3) is 0 Å². The van der Waals surface area contributed by atoms with Crippen molar-refractivity contribution in [2.45, 2.75) is 0 Å². The van der Waals surface area contributed by atoms with E-state index in [-0.39, 0.29) is 0 Å². The minimum Gasteiger partial charge on any atom is -0.399 e. The molecule has 3 N–H and O–H groups in total. The molecule has 3 aromatic heterocycles. The molecule has 0 saturated heterocycles. The summed E-state index contributed by atoms with van der Waals surface area (Å²) >= 11 is 0. The number of rotatable bonds is 2. The third-order valence-electron chi connectivity index (χ3n) is 3.40. The number of hydrogen-bond acceptors (Lipinski definition) is 4. The maximum atomic E-state index is 5.74. The zero-order valence-electron chi connectivity index (χ0n) is 11.1. The molecular weight excluding hydrogens is 264 g/mol. The summed E-state index contributed by atoms with van der Waals surface area (Å²) in [4.78, 5) is 8.79. The number of imidazole rings is 1. The summed E-state index contributed by atoms with van der Waals surface area (Å²) in [5.41, 5.74) is 11.1. The monoisotopic (exact) mass is 276 g/mol. The first kappa shape index (κ1) is 11.7. The number of aromatic nitrogens is 5. The van der Waals surface area contributed by atoms with E-state index >= 15 is 0 Å². The van der Waals surface area contributed by atoms with Crippen LogP contribution in [0.15, 0.2) is 55.2 Å². The molecule has 4 aromatic rings. The number of nitrogens with zero attached hydrogens (tertiary/aromatic N) is 4. The molecule has 0 atom stereocenters. The van der Waals surface area contributed by atoms with Crippen molar-refractivity contribution in [1.82, 2.24) is 24.6 Å². The Balaban J connectivity index is 1.90. The Morgan fingerprint density at radius 1 is 0.952 bits per heavy atom. The van der Waals surface area contributed by atoms with Gasteiger partial charge in [-0.3, -0.25) is 14.5 Å². The van der Waals surface area contributed by atoms with E-state index in [1.54, 1.807) is 12.4 Å². The second-order valence-corrected chi connectivity index (χ2v) is 4.75. The largest absolute Gasteiger partial charge is 0.399 e. The SMILES string of the molecule is Nc1ccc(-c2cnc3cnc(-c4cn[nH]c4)cn23)cc1. The first-order valence-electron chi connectivity index (χ1n) is 6.49. The van der Waals surface area contributed by atoms with Crippen molar-refractivity contribution in [2.75, 3.05) is 5.73 Å². The number of aromatic amines is 1. The van der Waals surface area contributed by atoms with Gasteiger partial charge in [0.2, 0.25) is 0 Å². The van der Waals surface area contributed by atoms with Crippen molar-refractivity contribution < 1.29 is 0 Å². The third-order valence-corrected chi connectivity index (χ3v) is 3.40. The van der Waals surface area contributed by atoms with Crippen molar-refractivity contribution in [3.63, 3.8) is 0 Å². The van der Waals surface area contributed by atoms with Crippen LogP contribution in [0.25, 0.3) is 28.2 Å². The molecule has 0 unspecified atom stereocenters. The van der Waals surface area contributed by atoms with Gasteiger partial charge in [-0.05, 0) is 12.1 Å². The number of fused-ring (bicyclic) bond motifs is 1. The van der Waals surface area contributed by atoms with Crippen LogP contribution in [-0.2, 0) is 0 Å². The fourth-order valence-corrected chi connectivity index (χ4v) is 2.30. The second-order valence-electron chi connectivity index (χ2n) is 4.75. The van der Waals surface area contributed by atoms with Gasteiger partial charge in [-0.25, -0.2) is 4.98 Å². The number of nitrogens with one attached hydrogen (secondary N) is 1. The Hall–Kier alpha value is -3.15.